The lowest BCUT2D eigenvalue weighted by molar-refractivity contribution is 0.211. The van der Waals surface area contributed by atoms with Gasteiger partial charge in [0, 0.05) is 38.9 Å². The van der Waals surface area contributed by atoms with Crippen molar-refractivity contribution in [1.82, 2.24) is 20.2 Å². The third kappa shape index (κ3) is 4.65. The Morgan fingerprint density at radius 1 is 1.36 bits per heavy atom. The zero-order valence-electron chi connectivity index (χ0n) is 15.8. The fraction of sp³-hybridized carbons (Fsp3) is 0.368. The molecule has 8 nitrogen and oxygen atoms in total. The molecule has 1 unspecified atom stereocenters. The summed E-state index contributed by atoms with van der Waals surface area (Å²) in [6.07, 6.45) is 3.35. The number of carbonyl (C=O) groups excluding carboxylic acids is 1. The van der Waals surface area contributed by atoms with Crippen molar-refractivity contribution in [2.24, 2.45) is 0 Å². The lowest BCUT2D eigenvalue weighted by Crippen LogP contribution is -2.50. The summed E-state index contributed by atoms with van der Waals surface area (Å²) in [5.74, 6) is 0.587. The topological polar surface area (TPSA) is 97.2 Å². The van der Waals surface area contributed by atoms with Gasteiger partial charge in [0.1, 0.15) is 17.7 Å². The first-order chi connectivity index (χ1) is 13.5. The zero-order valence-corrected chi connectivity index (χ0v) is 15.8. The molecule has 1 atom stereocenters. The summed E-state index contributed by atoms with van der Waals surface area (Å²) in [6, 6.07) is 7.69. The Kier molecular flexibility index (Phi) is 5.89. The van der Waals surface area contributed by atoms with Crippen molar-refractivity contribution in [2.75, 3.05) is 37.4 Å². The van der Waals surface area contributed by atoms with Crippen molar-refractivity contribution in [1.29, 1.82) is 5.26 Å². The number of carbonyl (C=O) groups is 1. The number of nitrogens with one attached hydrogen (secondary N) is 2. The van der Waals surface area contributed by atoms with Gasteiger partial charge in [-0.2, -0.15) is 5.26 Å². The monoisotopic (exact) mass is 383 g/mol. The minimum atomic E-state index is -0.343. The molecule has 2 heterocycles. The molecule has 1 aliphatic heterocycles. The maximum absolute atomic E-state index is 13.1. The second-order valence-electron chi connectivity index (χ2n) is 6.80. The van der Waals surface area contributed by atoms with Crippen LogP contribution in [-0.2, 0) is 0 Å². The van der Waals surface area contributed by atoms with E-state index >= 15 is 0 Å². The number of piperidine rings is 1. The van der Waals surface area contributed by atoms with Gasteiger partial charge in [-0.1, -0.05) is 0 Å². The molecule has 2 amide bonds. The number of anilines is 3. The summed E-state index contributed by atoms with van der Waals surface area (Å²) >= 11 is 0. The molecule has 9 heteroatoms. The molecule has 1 aromatic heterocycles. The number of rotatable bonds is 4. The summed E-state index contributed by atoms with van der Waals surface area (Å²) in [4.78, 5) is 24.2. The predicted octanol–water partition coefficient (Wildman–Crippen LogP) is 2.47. The highest BCUT2D eigenvalue weighted by Gasteiger charge is 2.24. The molecule has 0 spiro atoms. The van der Waals surface area contributed by atoms with Crippen molar-refractivity contribution in [3.05, 3.63) is 42.0 Å². The third-order valence-corrected chi connectivity index (χ3v) is 4.45. The molecule has 1 aromatic carbocycles. The molecule has 0 radical (unpaired) electrons. The summed E-state index contributed by atoms with van der Waals surface area (Å²) in [7, 11) is 3.41. The number of benzene rings is 1. The summed E-state index contributed by atoms with van der Waals surface area (Å²) < 4.78 is 13.1. The number of nitrogens with zero attached hydrogens (tertiary/aromatic N) is 5. The molecule has 28 heavy (non-hydrogen) atoms. The van der Waals surface area contributed by atoms with E-state index in [9.17, 15) is 14.4 Å². The van der Waals surface area contributed by atoms with Crippen molar-refractivity contribution < 1.29 is 9.18 Å². The van der Waals surface area contributed by atoms with Crippen LogP contribution in [0.5, 0.6) is 0 Å². The average molecular weight is 383 g/mol. The Labute approximate surface area is 163 Å². The van der Waals surface area contributed by atoms with E-state index < -0.39 is 0 Å². The lowest BCUT2D eigenvalue weighted by atomic mass is 10.1. The summed E-state index contributed by atoms with van der Waals surface area (Å²) in [5.41, 5.74) is 0.765. The van der Waals surface area contributed by atoms with Crippen LogP contribution >= 0.6 is 0 Å². The normalized spacial score (nSPS) is 16.2. The smallest absolute Gasteiger partial charge is 0.317 e. The van der Waals surface area contributed by atoms with Gasteiger partial charge in [-0.3, -0.25) is 0 Å². The van der Waals surface area contributed by atoms with Crippen molar-refractivity contribution in [2.45, 2.75) is 18.9 Å². The number of nitriles is 1. The lowest BCUT2D eigenvalue weighted by Gasteiger charge is -2.34. The van der Waals surface area contributed by atoms with Gasteiger partial charge in [0.05, 0.1) is 6.20 Å². The number of amides is 2. The number of aromatic nitrogens is 2. The highest BCUT2D eigenvalue weighted by atomic mass is 19.1. The maximum atomic E-state index is 13.1. The Bertz CT molecular complexity index is 879. The van der Waals surface area contributed by atoms with Crippen molar-refractivity contribution >= 4 is 23.4 Å². The standard InChI is InChI=1S/C19H22FN7O/c1-26(2)19(28)24-15-4-3-9-27(12-15)17-11-22-16(10-21)18(25-17)23-14-7-5-13(20)6-8-14/h5-8,11,15H,3-4,9,12H2,1-2H3,(H,23,25)(H,24,28). The highest BCUT2D eigenvalue weighted by molar-refractivity contribution is 5.74. The van der Waals surface area contributed by atoms with E-state index in [1.165, 1.54) is 17.0 Å². The van der Waals surface area contributed by atoms with Crippen LogP contribution < -0.4 is 15.5 Å². The highest BCUT2D eigenvalue weighted by Crippen LogP contribution is 2.23. The van der Waals surface area contributed by atoms with Gasteiger partial charge >= 0.3 is 6.03 Å². The van der Waals surface area contributed by atoms with Crippen LogP contribution in [0.4, 0.5) is 26.5 Å². The molecule has 0 bridgehead atoms. The molecule has 1 fully saturated rings. The predicted molar refractivity (Wildman–Crippen MR) is 104 cm³/mol. The Morgan fingerprint density at radius 3 is 2.79 bits per heavy atom. The number of urea groups is 1. The van der Waals surface area contributed by atoms with Crippen LogP contribution in [0.1, 0.15) is 18.5 Å². The van der Waals surface area contributed by atoms with Gasteiger partial charge in [0.25, 0.3) is 0 Å². The molecule has 2 aromatic rings. The van der Waals surface area contributed by atoms with Gasteiger partial charge in [0.2, 0.25) is 0 Å². The van der Waals surface area contributed by atoms with Gasteiger partial charge in [-0.05, 0) is 37.1 Å². The molecule has 2 N–H and O–H groups in total. The molecule has 146 valence electrons. The number of halogens is 1. The van der Waals surface area contributed by atoms with E-state index in [2.05, 4.69) is 20.6 Å². The second kappa shape index (κ2) is 8.52. The van der Waals surface area contributed by atoms with E-state index in [4.69, 9.17) is 0 Å². The molecule has 1 aliphatic rings. The van der Waals surface area contributed by atoms with Crippen LogP contribution in [0.15, 0.2) is 30.5 Å². The molecular weight excluding hydrogens is 361 g/mol. The fourth-order valence-corrected chi connectivity index (χ4v) is 2.98. The van der Waals surface area contributed by atoms with Crippen LogP contribution in [0.3, 0.4) is 0 Å². The molecule has 1 saturated heterocycles. The van der Waals surface area contributed by atoms with E-state index in [-0.39, 0.29) is 23.6 Å². The van der Waals surface area contributed by atoms with Gasteiger partial charge in [0.15, 0.2) is 11.5 Å². The van der Waals surface area contributed by atoms with Crippen molar-refractivity contribution in [3.63, 3.8) is 0 Å². The Hall–Kier alpha value is -3.41. The third-order valence-electron chi connectivity index (χ3n) is 4.45. The van der Waals surface area contributed by atoms with Crippen LogP contribution in [0, 0.1) is 17.1 Å². The molecular formula is C19H22FN7O. The number of hydrogen-bond donors (Lipinski definition) is 2. The van der Waals surface area contributed by atoms with Crippen LogP contribution in [-0.4, -0.2) is 54.1 Å². The number of hydrogen-bond acceptors (Lipinski definition) is 6. The second-order valence-corrected chi connectivity index (χ2v) is 6.80. The zero-order chi connectivity index (χ0) is 20.1. The van der Waals surface area contributed by atoms with E-state index in [0.29, 0.717) is 23.9 Å². The van der Waals surface area contributed by atoms with E-state index in [1.54, 1.807) is 32.4 Å². The average Bonchev–Trinajstić information content (AvgIpc) is 2.70. The molecule has 0 aliphatic carbocycles. The molecule has 0 saturated carbocycles. The minimum absolute atomic E-state index is 0.00889. The van der Waals surface area contributed by atoms with Gasteiger partial charge in [-0.25, -0.2) is 19.2 Å². The first-order valence-corrected chi connectivity index (χ1v) is 8.99. The Balaban J connectivity index is 1.77. The minimum Gasteiger partial charge on any atom is -0.353 e. The van der Waals surface area contributed by atoms with Gasteiger partial charge in [-0.15, -0.1) is 0 Å². The van der Waals surface area contributed by atoms with E-state index in [0.717, 1.165) is 19.4 Å². The quantitative estimate of drug-likeness (QED) is 0.842. The summed E-state index contributed by atoms with van der Waals surface area (Å²) in [6.45, 7) is 1.39. The Morgan fingerprint density at radius 2 is 2.11 bits per heavy atom. The van der Waals surface area contributed by atoms with Crippen molar-refractivity contribution in [3.8, 4) is 6.07 Å². The van der Waals surface area contributed by atoms with Crippen LogP contribution in [0.2, 0.25) is 0 Å². The van der Waals surface area contributed by atoms with Gasteiger partial charge < -0.3 is 20.4 Å². The fourth-order valence-electron chi connectivity index (χ4n) is 2.98. The van der Waals surface area contributed by atoms with E-state index in [1.807, 2.05) is 11.0 Å². The van der Waals surface area contributed by atoms with Crippen LogP contribution in [0.25, 0.3) is 0 Å². The molecule has 3 rings (SSSR count). The first kappa shape index (κ1) is 19.4. The largest absolute Gasteiger partial charge is 0.353 e. The maximum Gasteiger partial charge on any atom is 0.317 e. The summed E-state index contributed by atoms with van der Waals surface area (Å²) in [5, 5.41) is 15.3. The SMILES string of the molecule is CN(C)C(=O)NC1CCCN(c2cnc(C#N)c(Nc3ccc(F)cc3)n2)C1. The first-order valence-electron chi connectivity index (χ1n) is 8.99.